The number of benzene rings is 2. The molecule has 9 heteroatoms. The maximum atomic E-state index is 13.8. The molecule has 0 amide bonds. The summed E-state index contributed by atoms with van der Waals surface area (Å²) in [6, 6.07) is 11.1. The minimum Gasteiger partial charge on any atom is -0.595 e. The third-order valence-corrected chi connectivity index (χ3v) is 5.12. The van der Waals surface area contributed by atoms with Gasteiger partial charge in [-0.1, -0.05) is 29.4 Å². The number of aliphatic hydroxyl groups is 1. The van der Waals surface area contributed by atoms with Gasteiger partial charge in [0.25, 0.3) is 0 Å². The van der Waals surface area contributed by atoms with E-state index in [0.29, 0.717) is 42.4 Å². The lowest BCUT2D eigenvalue weighted by atomic mass is 10.1. The van der Waals surface area contributed by atoms with Crippen molar-refractivity contribution in [3.63, 3.8) is 0 Å². The van der Waals surface area contributed by atoms with E-state index in [1.165, 1.54) is 6.07 Å². The van der Waals surface area contributed by atoms with Crippen molar-refractivity contribution in [1.82, 2.24) is 15.0 Å². The smallest absolute Gasteiger partial charge is 0.244 e. The van der Waals surface area contributed by atoms with Crippen LogP contribution in [0.1, 0.15) is 29.5 Å². The van der Waals surface area contributed by atoms with Gasteiger partial charge in [-0.15, -0.1) is 0 Å². The Balaban J connectivity index is 1.53. The van der Waals surface area contributed by atoms with Crippen LogP contribution in [0.5, 0.6) is 0 Å². The highest BCUT2D eigenvalue weighted by molar-refractivity contribution is 5.55. The molecule has 3 atom stereocenters. The molecular weight excluding hydrogens is 379 g/mol. The Hall–Kier alpha value is -2.69. The van der Waals surface area contributed by atoms with Crippen molar-refractivity contribution >= 4 is 5.69 Å². The van der Waals surface area contributed by atoms with Crippen LogP contribution in [-0.2, 0) is 6.54 Å². The third-order valence-electron chi connectivity index (χ3n) is 5.12. The van der Waals surface area contributed by atoms with E-state index in [9.17, 15) is 14.7 Å². The van der Waals surface area contributed by atoms with Crippen molar-refractivity contribution in [2.24, 2.45) is 0 Å². The average Bonchev–Trinajstić information content (AvgIpc) is 3.31. The summed E-state index contributed by atoms with van der Waals surface area (Å²) in [4.78, 5) is 6.43. The zero-order valence-corrected chi connectivity index (χ0v) is 15.7. The lowest BCUT2D eigenvalue weighted by Gasteiger charge is -2.21. The first kappa shape index (κ1) is 19.6. The van der Waals surface area contributed by atoms with E-state index < -0.39 is 11.3 Å². The Kier molecular flexibility index (Phi) is 5.39. The van der Waals surface area contributed by atoms with Crippen molar-refractivity contribution < 1.29 is 24.5 Å². The van der Waals surface area contributed by atoms with Gasteiger partial charge >= 0.3 is 0 Å². The normalized spacial score (nSPS) is 20.9. The number of halogens is 1. The largest absolute Gasteiger partial charge is 0.595 e. The second-order valence-corrected chi connectivity index (χ2v) is 7.26. The van der Waals surface area contributed by atoms with Gasteiger partial charge in [0.15, 0.2) is 5.69 Å². The monoisotopic (exact) mass is 400 g/mol. The van der Waals surface area contributed by atoms with Crippen LogP contribution in [0, 0.1) is 17.9 Å². The fourth-order valence-electron chi connectivity index (χ4n) is 3.52. The van der Waals surface area contributed by atoms with E-state index in [2.05, 4.69) is 10.1 Å². The first-order chi connectivity index (χ1) is 13.9. The van der Waals surface area contributed by atoms with Gasteiger partial charge in [-0.25, -0.2) is 9.60 Å². The molecule has 0 spiro atoms. The SMILES string of the molecule is Cc1ccc(-c2noc([C@H]3C[C@@H](O)CN3Cc3ccc([NH+]([O-])O)cc3)n2)cc1F. The summed E-state index contributed by atoms with van der Waals surface area (Å²) in [6.07, 6.45) is -0.0950. The predicted octanol–water partition coefficient (Wildman–Crippen LogP) is 1.90. The molecule has 3 N–H and O–H groups in total. The second-order valence-electron chi connectivity index (χ2n) is 7.26. The standard InChI is InChI=1S/C20H21FN4O4/c1-12-2-5-14(8-17(12)21)19-22-20(29-23-19)18-9-16(26)11-24(18)10-13-3-6-15(7-4-13)25(27)28/h2-8,16,18,25-27H,9-11H2,1H3/t16-,18-/m1/s1. The number of hydrogen-bond acceptors (Lipinski definition) is 7. The van der Waals surface area contributed by atoms with Crippen LogP contribution in [0.4, 0.5) is 10.1 Å². The number of likely N-dealkylation sites (tertiary alicyclic amines) is 1. The van der Waals surface area contributed by atoms with Crippen LogP contribution in [0.2, 0.25) is 0 Å². The highest BCUT2D eigenvalue weighted by atomic mass is 19.1. The van der Waals surface area contributed by atoms with E-state index in [1.54, 1.807) is 43.3 Å². The lowest BCUT2D eigenvalue weighted by Crippen LogP contribution is -2.99. The van der Waals surface area contributed by atoms with E-state index in [1.807, 2.05) is 4.90 Å². The molecule has 1 aliphatic rings. The Morgan fingerprint density at radius 3 is 2.72 bits per heavy atom. The van der Waals surface area contributed by atoms with Crippen molar-refractivity contribution in [2.45, 2.75) is 32.0 Å². The first-order valence-electron chi connectivity index (χ1n) is 9.25. The topological polar surface area (TPSA) is 110 Å². The molecule has 0 saturated carbocycles. The van der Waals surface area contributed by atoms with E-state index in [4.69, 9.17) is 9.73 Å². The molecule has 0 bridgehead atoms. The molecule has 1 fully saturated rings. The molecule has 0 aliphatic carbocycles. The number of aliphatic hydroxyl groups excluding tert-OH is 1. The molecule has 8 nitrogen and oxygen atoms in total. The molecule has 4 rings (SSSR count). The zero-order chi connectivity index (χ0) is 20.5. The van der Waals surface area contributed by atoms with Crippen LogP contribution >= 0.6 is 0 Å². The van der Waals surface area contributed by atoms with Gasteiger partial charge in [0.05, 0.1) is 12.1 Å². The molecule has 2 heterocycles. The molecule has 1 unspecified atom stereocenters. The molecule has 152 valence electrons. The van der Waals surface area contributed by atoms with Gasteiger partial charge in [-0.3, -0.25) is 4.90 Å². The minimum absolute atomic E-state index is 0.221. The molecule has 2 aromatic carbocycles. The summed E-state index contributed by atoms with van der Waals surface area (Å²) in [5.74, 6) is 0.322. The summed E-state index contributed by atoms with van der Waals surface area (Å²) in [7, 11) is 0. The number of rotatable bonds is 5. The Morgan fingerprint density at radius 2 is 2.03 bits per heavy atom. The number of nitrogens with one attached hydrogen (secondary N) is 1. The maximum Gasteiger partial charge on any atom is 0.244 e. The molecule has 3 aromatic rings. The number of quaternary nitrogens is 1. The van der Waals surface area contributed by atoms with Crippen molar-refractivity contribution in [3.8, 4) is 11.4 Å². The molecule has 1 saturated heterocycles. The van der Waals surface area contributed by atoms with Crippen LogP contribution in [0.25, 0.3) is 11.4 Å². The summed E-state index contributed by atoms with van der Waals surface area (Å²) in [5, 5.41) is 33.2. The van der Waals surface area contributed by atoms with Gasteiger partial charge in [0.1, 0.15) is 5.82 Å². The van der Waals surface area contributed by atoms with Crippen LogP contribution in [0.15, 0.2) is 47.0 Å². The van der Waals surface area contributed by atoms with Crippen LogP contribution < -0.4 is 5.23 Å². The molecule has 29 heavy (non-hydrogen) atoms. The summed E-state index contributed by atoms with van der Waals surface area (Å²) in [6.45, 7) is 2.61. The van der Waals surface area contributed by atoms with E-state index >= 15 is 0 Å². The molecule has 1 aromatic heterocycles. The van der Waals surface area contributed by atoms with E-state index in [-0.39, 0.29) is 17.5 Å². The predicted molar refractivity (Wildman–Crippen MR) is 100 cm³/mol. The molecular formula is C20H21FN4O4. The number of β-amino-alcohol motifs (C(OH)–C–C–N with tert-alkyl or cyclic N) is 1. The first-order valence-corrected chi connectivity index (χ1v) is 9.25. The summed E-state index contributed by atoms with van der Waals surface area (Å²) < 4.78 is 19.3. The van der Waals surface area contributed by atoms with Crippen molar-refractivity contribution in [1.29, 1.82) is 0 Å². The summed E-state index contributed by atoms with van der Waals surface area (Å²) >= 11 is 0. The van der Waals surface area contributed by atoms with Gasteiger partial charge in [0, 0.05) is 30.8 Å². The second kappa shape index (κ2) is 7.97. The summed E-state index contributed by atoms with van der Waals surface area (Å²) in [5.41, 5.74) is 2.20. The quantitative estimate of drug-likeness (QED) is 0.561. The fraction of sp³-hybridized carbons (Fsp3) is 0.300. The molecule has 1 aliphatic heterocycles. The van der Waals surface area contributed by atoms with Crippen LogP contribution in [-0.4, -0.2) is 38.0 Å². The van der Waals surface area contributed by atoms with Gasteiger partial charge in [-0.2, -0.15) is 10.2 Å². The van der Waals surface area contributed by atoms with E-state index in [0.717, 1.165) is 5.56 Å². The fourth-order valence-corrected chi connectivity index (χ4v) is 3.52. The van der Waals surface area contributed by atoms with Crippen molar-refractivity contribution in [3.05, 3.63) is 70.5 Å². The highest BCUT2D eigenvalue weighted by Gasteiger charge is 2.36. The average molecular weight is 400 g/mol. The Morgan fingerprint density at radius 1 is 1.28 bits per heavy atom. The van der Waals surface area contributed by atoms with Crippen molar-refractivity contribution in [2.75, 3.05) is 6.54 Å². The van der Waals surface area contributed by atoms with Gasteiger partial charge in [0.2, 0.25) is 11.7 Å². The Bertz CT molecular complexity index is 992. The highest BCUT2D eigenvalue weighted by Crippen LogP contribution is 2.33. The molecule has 0 radical (unpaired) electrons. The Labute approximate surface area is 166 Å². The number of aromatic nitrogens is 2. The zero-order valence-electron chi connectivity index (χ0n) is 15.7. The number of nitrogens with zero attached hydrogens (tertiary/aromatic N) is 3. The third kappa shape index (κ3) is 4.19. The van der Waals surface area contributed by atoms with Crippen LogP contribution in [0.3, 0.4) is 0 Å². The minimum atomic E-state index is -0.975. The van der Waals surface area contributed by atoms with Gasteiger partial charge < -0.3 is 14.8 Å². The lowest BCUT2D eigenvalue weighted by molar-refractivity contribution is -0.991. The van der Waals surface area contributed by atoms with Gasteiger partial charge in [-0.05, 0) is 30.5 Å². The number of hydrogen-bond donors (Lipinski definition) is 3. The maximum absolute atomic E-state index is 13.8. The number of aryl methyl sites for hydroxylation is 1.